The maximum absolute atomic E-state index is 12.5. The number of aromatic amines is 1. The third-order valence-electron chi connectivity index (χ3n) is 4.13. The molecule has 1 heterocycles. The number of amides is 1. The first-order chi connectivity index (χ1) is 9.63. The number of rotatable bonds is 5. The average Bonchev–Trinajstić information content (AvgIpc) is 3.12. The molecular weight excluding hydrogens is 250 g/mol. The van der Waals surface area contributed by atoms with Crippen LogP contribution in [0.25, 0.3) is 10.9 Å². The van der Waals surface area contributed by atoms with Gasteiger partial charge in [-0.1, -0.05) is 18.2 Å². The largest absolute Gasteiger partial charge is 0.361 e. The summed E-state index contributed by atoms with van der Waals surface area (Å²) in [5, 5.41) is 4.25. The molecule has 106 valence electrons. The van der Waals surface area contributed by atoms with Crippen molar-refractivity contribution in [1.29, 1.82) is 0 Å². The number of aromatic nitrogens is 1. The van der Waals surface area contributed by atoms with Gasteiger partial charge >= 0.3 is 0 Å². The Labute approximate surface area is 119 Å². The molecule has 20 heavy (non-hydrogen) atoms. The third-order valence-corrected chi connectivity index (χ3v) is 4.13. The van der Waals surface area contributed by atoms with Gasteiger partial charge < -0.3 is 15.2 Å². The zero-order valence-electron chi connectivity index (χ0n) is 12.1. The lowest BCUT2D eigenvalue weighted by atomic mass is 9.94. The molecule has 2 aromatic rings. The zero-order valence-corrected chi connectivity index (χ0v) is 12.1. The normalized spacial score (nSPS) is 16.6. The van der Waals surface area contributed by atoms with Gasteiger partial charge in [0.15, 0.2) is 0 Å². The minimum atomic E-state index is -0.300. The number of carbonyl (C=O) groups excluding carboxylic acids is 1. The van der Waals surface area contributed by atoms with E-state index in [1.807, 2.05) is 32.4 Å². The van der Waals surface area contributed by atoms with E-state index in [1.165, 1.54) is 5.39 Å². The van der Waals surface area contributed by atoms with Crippen molar-refractivity contribution in [2.24, 2.45) is 0 Å². The molecule has 0 unspecified atom stereocenters. The highest BCUT2D eigenvalue weighted by Crippen LogP contribution is 2.50. The first kappa shape index (κ1) is 13.2. The lowest BCUT2D eigenvalue weighted by Crippen LogP contribution is -2.38. The van der Waals surface area contributed by atoms with E-state index in [0.717, 1.165) is 30.5 Å². The van der Waals surface area contributed by atoms with Crippen LogP contribution < -0.4 is 5.32 Å². The summed E-state index contributed by atoms with van der Waals surface area (Å²) in [6, 6.07) is 8.19. The summed E-state index contributed by atoms with van der Waals surface area (Å²) in [4.78, 5) is 17.9. The lowest BCUT2D eigenvalue weighted by molar-refractivity contribution is -0.123. The molecule has 1 aromatic carbocycles. The predicted octanol–water partition coefficient (Wildman–Crippen LogP) is 1.88. The molecule has 1 fully saturated rings. The van der Waals surface area contributed by atoms with E-state index in [1.54, 1.807) is 0 Å². The summed E-state index contributed by atoms with van der Waals surface area (Å²) in [7, 11) is 4.03. The first-order valence-electron chi connectivity index (χ1n) is 7.13. The number of nitrogens with one attached hydrogen (secondary N) is 2. The second-order valence-corrected chi connectivity index (χ2v) is 5.89. The Hall–Kier alpha value is -1.81. The van der Waals surface area contributed by atoms with Crippen molar-refractivity contribution < 1.29 is 4.79 Å². The molecule has 4 nitrogen and oxygen atoms in total. The molecule has 0 atom stereocenters. The van der Waals surface area contributed by atoms with Crippen LogP contribution in [0.3, 0.4) is 0 Å². The van der Waals surface area contributed by atoms with Gasteiger partial charge in [0.2, 0.25) is 5.91 Å². The van der Waals surface area contributed by atoms with E-state index in [2.05, 4.69) is 27.3 Å². The van der Waals surface area contributed by atoms with Crippen molar-refractivity contribution in [2.75, 3.05) is 27.2 Å². The maximum atomic E-state index is 12.5. The van der Waals surface area contributed by atoms with E-state index in [0.29, 0.717) is 6.54 Å². The van der Waals surface area contributed by atoms with E-state index in [4.69, 9.17) is 0 Å². The smallest absolute Gasteiger partial charge is 0.230 e. The van der Waals surface area contributed by atoms with Crippen LogP contribution in [0.1, 0.15) is 18.4 Å². The summed E-state index contributed by atoms with van der Waals surface area (Å²) in [6.07, 6.45) is 3.90. The van der Waals surface area contributed by atoms with E-state index < -0.39 is 0 Å². The molecule has 0 bridgehead atoms. The number of carbonyl (C=O) groups is 1. The van der Waals surface area contributed by atoms with Crippen molar-refractivity contribution in [2.45, 2.75) is 18.3 Å². The number of benzene rings is 1. The van der Waals surface area contributed by atoms with Gasteiger partial charge in [0.25, 0.3) is 0 Å². The van der Waals surface area contributed by atoms with E-state index in [9.17, 15) is 4.79 Å². The third kappa shape index (κ3) is 2.20. The van der Waals surface area contributed by atoms with Crippen molar-refractivity contribution in [3.05, 3.63) is 36.0 Å². The van der Waals surface area contributed by atoms with Crippen LogP contribution in [0.15, 0.2) is 30.5 Å². The standard InChI is InChI=1S/C16H21N3O/c1-19(2)10-9-17-15(20)16(7-8-16)13-11-18-14-6-4-3-5-12(13)14/h3-6,11,18H,7-10H2,1-2H3,(H,17,20). The van der Waals surface area contributed by atoms with Crippen LogP contribution in [0.2, 0.25) is 0 Å². The Bertz CT molecular complexity index is 625. The van der Waals surface area contributed by atoms with E-state index in [-0.39, 0.29) is 11.3 Å². The fourth-order valence-corrected chi connectivity index (χ4v) is 2.77. The molecule has 1 aliphatic carbocycles. The van der Waals surface area contributed by atoms with Crippen molar-refractivity contribution in [3.8, 4) is 0 Å². The molecule has 1 amide bonds. The minimum Gasteiger partial charge on any atom is -0.361 e. The molecular formula is C16H21N3O. The highest BCUT2D eigenvalue weighted by atomic mass is 16.2. The van der Waals surface area contributed by atoms with Gasteiger partial charge in [-0.05, 0) is 38.6 Å². The Morgan fingerprint density at radius 1 is 1.35 bits per heavy atom. The van der Waals surface area contributed by atoms with Crippen LogP contribution in [0.5, 0.6) is 0 Å². The van der Waals surface area contributed by atoms with Gasteiger partial charge in [-0.15, -0.1) is 0 Å². The molecule has 3 rings (SSSR count). The number of para-hydroxylation sites is 1. The Kier molecular flexibility index (Phi) is 3.26. The monoisotopic (exact) mass is 271 g/mol. The van der Waals surface area contributed by atoms with Gasteiger partial charge in [0.05, 0.1) is 5.41 Å². The summed E-state index contributed by atoms with van der Waals surface area (Å²) >= 11 is 0. The molecule has 0 radical (unpaired) electrons. The highest BCUT2D eigenvalue weighted by molar-refractivity contribution is 5.97. The number of H-pyrrole nitrogens is 1. The number of likely N-dealkylation sites (N-methyl/N-ethyl adjacent to an activating group) is 1. The van der Waals surface area contributed by atoms with Crippen molar-refractivity contribution >= 4 is 16.8 Å². The minimum absolute atomic E-state index is 0.170. The SMILES string of the molecule is CN(C)CCNC(=O)C1(c2c[nH]c3ccccc23)CC1. The number of nitrogens with zero attached hydrogens (tertiary/aromatic N) is 1. The van der Waals surface area contributed by atoms with Crippen molar-refractivity contribution in [1.82, 2.24) is 15.2 Å². The molecule has 0 saturated heterocycles. The molecule has 2 N–H and O–H groups in total. The topological polar surface area (TPSA) is 48.1 Å². The summed E-state index contributed by atoms with van der Waals surface area (Å²) in [6.45, 7) is 1.58. The zero-order chi connectivity index (χ0) is 14.2. The van der Waals surface area contributed by atoms with Gasteiger partial charge in [-0.2, -0.15) is 0 Å². The maximum Gasteiger partial charge on any atom is 0.230 e. The fourth-order valence-electron chi connectivity index (χ4n) is 2.77. The molecule has 1 aromatic heterocycles. The van der Waals surface area contributed by atoms with Crippen LogP contribution in [0, 0.1) is 0 Å². The molecule has 0 spiro atoms. The second kappa shape index (κ2) is 4.94. The lowest BCUT2D eigenvalue weighted by Gasteiger charge is -2.16. The van der Waals surface area contributed by atoms with Gasteiger partial charge in [0.1, 0.15) is 0 Å². The number of hydrogen-bond donors (Lipinski definition) is 2. The van der Waals surface area contributed by atoms with Gasteiger partial charge in [0, 0.05) is 30.2 Å². The molecule has 4 heteroatoms. The average molecular weight is 271 g/mol. The molecule has 0 aliphatic heterocycles. The number of fused-ring (bicyclic) bond motifs is 1. The second-order valence-electron chi connectivity index (χ2n) is 5.89. The quantitative estimate of drug-likeness (QED) is 0.872. The number of hydrogen-bond acceptors (Lipinski definition) is 2. The Balaban J connectivity index is 1.80. The van der Waals surface area contributed by atoms with Crippen LogP contribution in [0.4, 0.5) is 0 Å². The summed E-state index contributed by atoms with van der Waals surface area (Å²) in [5.41, 5.74) is 1.96. The summed E-state index contributed by atoms with van der Waals surface area (Å²) in [5.74, 6) is 0.170. The first-order valence-corrected chi connectivity index (χ1v) is 7.13. The molecule has 1 aliphatic rings. The molecule has 1 saturated carbocycles. The van der Waals surface area contributed by atoms with Crippen LogP contribution in [-0.4, -0.2) is 43.0 Å². The highest BCUT2D eigenvalue weighted by Gasteiger charge is 2.52. The summed E-state index contributed by atoms with van der Waals surface area (Å²) < 4.78 is 0. The Morgan fingerprint density at radius 2 is 2.10 bits per heavy atom. The van der Waals surface area contributed by atoms with Crippen molar-refractivity contribution in [3.63, 3.8) is 0 Å². The van der Waals surface area contributed by atoms with Gasteiger partial charge in [-0.3, -0.25) is 4.79 Å². The van der Waals surface area contributed by atoms with Gasteiger partial charge in [-0.25, -0.2) is 0 Å². The van der Waals surface area contributed by atoms with Crippen LogP contribution in [-0.2, 0) is 10.2 Å². The fraction of sp³-hybridized carbons (Fsp3) is 0.438. The predicted molar refractivity (Wildman–Crippen MR) is 80.8 cm³/mol. The Morgan fingerprint density at radius 3 is 2.80 bits per heavy atom. The van der Waals surface area contributed by atoms with Crippen LogP contribution >= 0.6 is 0 Å². The van der Waals surface area contributed by atoms with E-state index >= 15 is 0 Å².